The zero-order chi connectivity index (χ0) is 17.7. The van der Waals surface area contributed by atoms with E-state index in [0.29, 0.717) is 11.3 Å². The molecule has 0 radical (unpaired) electrons. The molecule has 0 unspecified atom stereocenters. The summed E-state index contributed by atoms with van der Waals surface area (Å²) in [5.74, 6) is -0.108. The summed E-state index contributed by atoms with van der Waals surface area (Å²) in [5.41, 5.74) is 1.30. The Morgan fingerprint density at radius 1 is 1.21 bits per heavy atom. The van der Waals surface area contributed by atoms with E-state index in [9.17, 15) is 9.59 Å². The van der Waals surface area contributed by atoms with E-state index in [2.05, 4.69) is 15.5 Å². The van der Waals surface area contributed by atoms with Gasteiger partial charge in [-0.05, 0) is 38.1 Å². The lowest BCUT2D eigenvalue weighted by molar-refractivity contribution is -0.118. The molecule has 0 aliphatic heterocycles. The van der Waals surface area contributed by atoms with Gasteiger partial charge in [0.15, 0.2) is 10.9 Å². The first kappa shape index (κ1) is 18.2. The third-order valence-corrected chi connectivity index (χ3v) is 4.63. The molecule has 24 heavy (non-hydrogen) atoms. The van der Waals surface area contributed by atoms with E-state index in [1.165, 1.54) is 11.8 Å². The second-order valence-corrected chi connectivity index (χ2v) is 7.05. The Hall–Kier alpha value is -2.15. The normalized spacial score (nSPS) is 12.2. The molecule has 0 saturated carbocycles. The van der Waals surface area contributed by atoms with Gasteiger partial charge in [-0.3, -0.25) is 9.59 Å². The maximum absolute atomic E-state index is 12.5. The van der Waals surface area contributed by atoms with Crippen LogP contribution in [0.4, 0.5) is 5.69 Å². The number of benzene rings is 1. The Balaban J connectivity index is 2.02. The van der Waals surface area contributed by atoms with Crippen molar-refractivity contribution in [2.75, 3.05) is 5.32 Å². The molecule has 0 saturated heterocycles. The van der Waals surface area contributed by atoms with Crippen LogP contribution in [0.3, 0.4) is 0 Å². The molecule has 1 aromatic carbocycles. The largest absolute Gasteiger partial charge is 0.326 e. The second kappa shape index (κ2) is 8.10. The molecule has 2 aromatic rings. The average Bonchev–Trinajstić information content (AvgIpc) is 3.01. The van der Waals surface area contributed by atoms with Crippen molar-refractivity contribution in [1.29, 1.82) is 0 Å². The summed E-state index contributed by atoms with van der Waals surface area (Å²) in [6.45, 7) is 8.29. The van der Waals surface area contributed by atoms with Crippen molar-refractivity contribution in [1.82, 2.24) is 14.8 Å². The van der Waals surface area contributed by atoms with Crippen molar-refractivity contribution in [2.45, 2.75) is 44.6 Å². The van der Waals surface area contributed by atoms with Gasteiger partial charge in [-0.2, -0.15) is 0 Å². The van der Waals surface area contributed by atoms with Gasteiger partial charge >= 0.3 is 0 Å². The molecular formula is C17H22N4O2S. The summed E-state index contributed by atoms with van der Waals surface area (Å²) in [6.07, 6.45) is 1.66. The van der Waals surface area contributed by atoms with Gasteiger partial charge in [0, 0.05) is 23.7 Å². The lowest BCUT2D eigenvalue weighted by Crippen LogP contribution is -2.18. The van der Waals surface area contributed by atoms with Crippen LogP contribution in [-0.4, -0.2) is 31.7 Å². The van der Waals surface area contributed by atoms with Gasteiger partial charge in [-0.1, -0.05) is 25.6 Å². The molecule has 1 N–H and O–H groups in total. The minimum absolute atomic E-state index is 0.0207. The van der Waals surface area contributed by atoms with E-state index < -0.39 is 0 Å². The van der Waals surface area contributed by atoms with Gasteiger partial charge in [0.2, 0.25) is 5.91 Å². The molecule has 0 aliphatic rings. The minimum atomic E-state index is -0.268. The first-order valence-corrected chi connectivity index (χ1v) is 8.80. The Morgan fingerprint density at radius 2 is 1.88 bits per heavy atom. The summed E-state index contributed by atoms with van der Waals surface area (Å²) in [5, 5.41) is 11.2. The van der Waals surface area contributed by atoms with E-state index in [-0.39, 0.29) is 22.9 Å². The quantitative estimate of drug-likeness (QED) is 0.615. The highest BCUT2D eigenvalue weighted by Gasteiger charge is 2.19. The van der Waals surface area contributed by atoms with Crippen LogP contribution in [0.1, 0.15) is 38.1 Å². The second-order valence-electron chi connectivity index (χ2n) is 5.75. The summed E-state index contributed by atoms with van der Waals surface area (Å²) in [4.78, 5) is 24.2. The molecule has 0 aliphatic carbocycles. The average molecular weight is 346 g/mol. The van der Waals surface area contributed by atoms with Crippen molar-refractivity contribution < 1.29 is 9.59 Å². The maximum atomic E-state index is 12.5. The number of carbonyl (C=O) groups is 2. The van der Waals surface area contributed by atoms with Gasteiger partial charge in [0.1, 0.15) is 6.33 Å². The van der Waals surface area contributed by atoms with Crippen LogP contribution in [0, 0.1) is 5.92 Å². The zero-order valence-corrected chi connectivity index (χ0v) is 15.1. The molecule has 0 spiro atoms. The fourth-order valence-electron chi connectivity index (χ4n) is 2.00. The molecule has 7 heteroatoms. The Labute approximate surface area is 146 Å². The fraction of sp³-hybridized carbons (Fsp3) is 0.412. The molecule has 6 nitrogen and oxygen atoms in total. The number of nitrogens with one attached hydrogen (secondary N) is 1. The number of amides is 1. The van der Waals surface area contributed by atoms with Crippen molar-refractivity contribution in [3.63, 3.8) is 0 Å². The maximum Gasteiger partial charge on any atom is 0.226 e. The number of hydrogen-bond donors (Lipinski definition) is 1. The SMILES string of the molecule is CCn1cnnc1S[C@@H](C)C(=O)c1ccc(NC(=O)C(C)C)cc1. The van der Waals surface area contributed by atoms with Crippen LogP contribution in [0.2, 0.25) is 0 Å². The number of carbonyl (C=O) groups excluding carboxylic acids is 2. The molecule has 1 amide bonds. The fourth-order valence-corrected chi connectivity index (χ4v) is 2.97. The molecule has 1 heterocycles. The van der Waals surface area contributed by atoms with E-state index in [1.54, 1.807) is 30.6 Å². The van der Waals surface area contributed by atoms with Gasteiger partial charge in [-0.25, -0.2) is 0 Å². The van der Waals surface area contributed by atoms with Gasteiger partial charge in [0.25, 0.3) is 0 Å². The summed E-state index contributed by atoms with van der Waals surface area (Å²) in [7, 11) is 0. The number of Topliss-reactive ketones (excluding diaryl/α,β-unsaturated/α-hetero) is 1. The number of anilines is 1. The molecule has 0 bridgehead atoms. The number of aryl methyl sites for hydroxylation is 1. The molecule has 128 valence electrons. The van der Waals surface area contributed by atoms with Crippen LogP contribution < -0.4 is 5.32 Å². The van der Waals surface area contributed by atoms with Crippen LogP contribution in [-0.2, 0) is 11.3 Å². The van der Waals surface area contributed by atoms with Crippen molar-refractivity contribution in [2.24, 2.45) is 5.92 Å². The molecule has 1 aromatic heterocycles. The number of ketones is 1. The van der Waals surface area contributed by atoms with Crippen molar-refractivity contribution in [3.8, 4) is 0 Å². The highest BCUT2D eigenvalue weighted by Crippen LogP contribution is 2.24. The van der Waals surface area contributed by atoms with Crippen LogP contribution in [0.15, 0.2) is 35.7 Å². The number of rotatable bonds is 7. The van der Waals surface area contributed by atoms with E-state index in [4.69, 9.17) is 0 Å². The Kier molecular flexibility index (Phi) is 6.14. The van der Waals surface area contributed by atoms with Crippen LogP contribution >= 0.6 is 11.8 Å². The first-order valence-electron chi connectivity index (χ1n) is 7.92. The van der Waals surface area contributed by atoms with E-state index in [0.717, 1.165) is 11.7 Å². The number of hydrogen-bond acceptors (Lipinski definition) is 5. The van der Waals surface area contributed by atoms with Crippen LogP contribution in [0.5, 0.6) is 0 Å². The molecule has 0 fully saturated rings. The lowest BCUT2D eigenvalue weighted by atomic mass is 10.1. The molecule has 2 rings (SSSR count). The van der Waals surface area contributed by atoms with Gasteiger partial charge in [-0.15, -0.1) is 10.2 Å². The van der Waals surface area contributed by atoms with E-state index >= 15 is 0 Å². The predicted molar refractivity (Wildman–Crippen MR) is 95.3 cm³/mol. The zero-order valence-electron chi connectivity index (χ0n) is 14.3. The minimum Gasteiger partial charge on any atom is -0.326 e. The Bertz CT molecular complexity index is 710. The van der Waals surface area contributed by atoms with Crippen LogP contribution in [0.25, 0.3) is 0 Å². The lowest BCUT2D eigenvalue weighted by Gasteiger charge is -2.11. The van der Waals surface area contributed by atoms with Crippen molar-refractivity contribution in [3.05, 3.63) is 36.2 Å². The first-order chi connectivity index (χ1) is 11.4. The number of thioether (sulfide) groups is 1. The third kappa shape index (κ3) is 4.44. The highest BCUT2D eigenvalue weighted by atomic mass is 32.2. The standard InChI is InChI=1S/C17H22N4O2S/c1-5-21-10-18-20-17(21)24-12(4)15(22)13-6-8-14(9-7-13)19-16(23)11(2)3/h6-12H,5H2,1-4H3,(H,19,23)/t12-/m0/s1. The molecular weight excluding hydrogens is 324 g/mol. The number of nitrogens with zero attached hydrogens (tertiary/aromatic N) is 3. The topological polar surface area (TPSA) is 76.9 Å². The predicted octanol–water partition coefficient (Wildman–Crippen LogP) is 3.26. The highest BCUT2D eigenvalue weighted by molar-refractivity contribution is 8.00. The summed E-state index contributed by atoms with van der Waals surface area (Å²) >= 11 is 1.39. The number of aromatic nitrogens is 3. The van der Waals surface area contributed by atoms with Gasteiger partial charge in [0.05, 0.1) is 5.25 Å². The Morgan fingerprint density at radius 3 is 2.46 bits per heavy atom. The monoisotopic (exact) mass is 346 g/mol. The summed E-state index contributed by atoms with van der Waals surface area (Å²) in [6, 6.07) is 6.97. The smallest absolute Gasteiger partial charge is 0.226 e. The third-order valence-electron chi connectivity index (χ3n) is 3.53. The van der Waals surface area contributed by atoms with Crippen molar-refractivity contribution >= 4 is 29.1 Å². The van der Waals surface area contributed by atoms with Gasteiger partial charge < -0.3 is 9.88 Å². The molecule has 1 atom stereocenters. The van der Waals surface area contributed by atoms with E-state index in [1.807, 2.05) is 32.3 Å². The summed E-state index contributed by atoms with van der Waals surface area (Å²) < 4.78 is 1.90.